The van der Waals surface area contributed by atoms with E-state index < -0.39 is 11.8 Å². The minimum absolute atomic E-state index is 0.00843. The molecule has 1 heterocycles. The van der Waals surface area contributed by atoms with Crippen LogP contribution >= 0.6 is 12.2 Å². The smallest absolute Gasteiger partial charge is 0.312 e. The number of amides is 2. The Morgan fingerprint density at radius 3 is 2.88 bits per heavy atom. The van der Waals surface area contributed by atoms with Crippen molar-refractivity contribution < 1.29 is 9.59 Å². The van der Waals surface area contributed by atoms with Crippen molar-refractivity contribution in [1.29, 1.82) is 0 Å². The summed E-state index contributed by atoms with van der Waals surface area (Å²) in [5.74, 6) is -0.812. The predicted octanol–water partition coefficient (Wildman–Crippen LogP) is -1.23. The van der Waals surface area contributed by atoms with Gasteiger partial charge in [0.25, 0.3) is 0 Å². The summed E-state index contributed by atoms with van der Waals surface area (Å²) in [7, 11) is 1.51. The minimum atomic E-state index is -0.744. The Morgan fingerprint density at radius 2 is 2.35 bits per heavy atom. The molecule has 0 aliphatic rings. The molecule has 92 valence electrons. The first-order chi connectivity index (χ1) is 8.00. The molecule has 0 aliphatic heterocycles. The Morgan fingerprint density at radius 1 is 1.65 bits per heavy atom. The second-order valence-electron chi connectivity index (χ2n) is 3.35. The number of imidazole rings is 1. The predicted molar refractivity (Wildman–Crippen MR) is 64.9 cm³/mol. The lowest BCUT2D eigenvalue weighted by atomic mass is 10.4. The van der Waals surface area contributed by atoms with Crippen LogP contribution in [0.3, 0.4) is 0 Å². The van der Waals surface area contributed by atoms with Crippen molar-refractivity contribution in [3.05, 3.63) is 18.2 Å². The number of aromatic nitrogens is 2. The topological polar surface area (TPSA) is 104 Å². The van der Waals surface area contributed by atoms with E-state index in [0.717, 1.165) is 0 Å². The van der Waals surface area contributed by atoms with Gasteiger partial charge in [-0.3, -0.25) is 9.59 Å². The minimum Gasteiger partial charge on any atom is -0.392 e. The summed E-state index contributed by atoms with van der Waals surface area (Å²) in [4.78, 5) is 31.1. The summed E-state index contributed by atoms with van der Waals surface area (Å²) < 4.78 is 0. The molecule has 1 aromatic rings. The Labute approximate surface area is 103 Å². The molecule has 7 nitrogen and oxygen atoms in total. The number of carbonyl (C=O) groups is 2. The summed E-state index contributed by atoms with van der Waals surface area (Å²) in [5.41, 5.74) is 5.20. The largest absolute Gasteiger partial charge is 0.392 e. The second-order valence-corrected chi connectivity index (χ2v) is 3.87. The van der Waals surface area contributed by atoms with Crippen LogP contribution in [0.4, 0.5) is 0 Å². The number of thiocarbonyl (C=S) groups is 1. The van der Waals surface area contributed by atoms with Crippen LogP contribution in [0.2, 0.25) is 0 Å². The third kappa shape index (κ3) is 4.19. The fourth-order valence-electron chi connectivity index (χ4n) is 1.10. The summed E-state index contributed by atoms with van der Waals surface area (Å²) in [6, 6.07) is 0. The van der Waals surface area contributed by atoms with Gasteiger partial charge in [0, 0.05) is 19.4 Å². The Bertz CT molecular complexity index is 417. The average molecular weight is 255 g/mol. The number of carbonyl (C=O) groups excluding carboxylic acids is 2. The van der Waals surface area contributed by atoms with Gasteiger partial charge in [-0.1, -0.05) is 12.2 Å². The quantitative estimate of drug-likeness (QED) is 0.461. The molecule has 0 bridgehead atoms. The van der Waals surface area contributed by atoms with Gasteiger partial charge in [0.1, 0.15) is 5.82 Å². The van der Waals surface area contributed by atoms with E-state index in [4.69, 9.17) is 5.73 Å². The zero-order valence-corrected chi connectivity index (χ0v) is 10.1. The van der Waals surface area contributed by atoms with E-state index in [1.54, 1.807) is 12.4 Å². The molecule has 2 amide bonds. The molecule has 0 aromatic carbocycles. The number of hydrogen-bond acceptors (Lipinski definition) is 4. The van der Waals surface area contributed by atoms with E-state index in [-0.39, 0.29) is 18.1 Å². The maximum Gasteiger partial charge on any atom is 0.312 e. The molecule has 4 N–H and O–H groups in total. The molecule has 0 spiro atoms. The summed E-state index contributed by atoms with van der Waals surface area (Å²) in [6.45, 7) is 0.237. The normalized spacial score (nSPS) is 9.71. The number of aromatic amines is 1. The van der Waals surface area contributed by atoms with Gasteiger partial charge in [-0.25, -0.2) is 4.98 Å². The van der Waals surface area contributed by atoms with Gasteiger partial charge < -0.3 is 20.9 Å². The highest BCUT2D eigenvalue weighted by Crippen LogP contribution is 1.95. The fraction of sp³-hybridized carbons (Fsp3) is 0.333. The van der Waals surface area contributed by atoms with E-state index >= 15 is 0 Å². The Kier molecular flexibility index (Phi) is 4.58. The van der Waals surface area contributed by atoms with Crippen LogP contribution in [-0.2, 0) is 16.1 Å². The number of H-pyrrole nitrogens is 1. The molecule has 0 unspecified atom stereocenters. The van der Waals surface area contributed by atoms with Crippen molar-refractivity contribution >= 4 is 29.0 Å². The van der Waals surface area contributed by atoms with Gasteiger partial charge in [-0.15, -0.1) is 0 Å². The molecule has 1 rings (SSSR count). The molecule has 17 heavy (non-hydrogen) atoms. The molecule has 0 radical (unpaired) electrons. The van der Waals surface area contributed by atoms with Gasteiger partial charge in [-0.2, -0.15) is 0 Å². The maximum atomic E-state index is 11.6. The van der Waals surface area contributed by atoms with Crippen LogP contribution in [0.25, 0.3) is 0 Å². The van der Waals surface area contributed by atoms with Gasteiger partial charge in [0.05, 0.1) is 18.1 Å². The molecule has 8 heteroatoms. The van der Waals surface area contributed by atoms with Crippen LogP contribution in [0, 0.1) is 0 Å². The number of rotatable bonds is 4. The molecular weight excluding hydrogens is 242 g/mol. The van der Waals surface area contributed by atoms with Crippen LogP contribution in [-0.4, -0.2) is 45.3 Å². The third-order valence-electron chi connectivity index (χ3n) is 1.91. The summed E-state index contributed by atoms with van der Waals surface area (Å²) >= 11 is 4.58. The highest BCUT2D eigenvalue weighted by molar-refractivity contribution is 7.80. The SMILES string of the molecule is CN(Cc1ncc[nH]1)C(=O)C(=O)NCC(N)=S. The van der Waals surface area contributed by atoms with Crippen molar-refractivity contribution in [1.82, 2.24) is 20.2 Å². The molecule has 0 saturated heterocycles. The van der Waals surface area contributed by atoms with Gasteiger partial charge in [0.15, 0.2) is 0 Å². The number of nitrogens with zero attached hydrogens (tertiary/aromatic N) is 2. The van der Waals surface area contributed by atoms with Crippen molar-refractivity contribution in [2.24, 2.45) is 5.73 Å². The van der Waals surface area contributed by atoms with E-state index in [1.807, 2.05) is 0 Å². The fourth-order valence-corrected chi connectivity index (χ4v) is 1.17. The standard InChI is InChI=1S/C9H13N5O2S/c1-14(5-7-11-2-3-12-7)9(16)8(15)13-4-6(10)17/h2-3H,4-5H2,1H3,(H2,10,17)(H,11,12)(H,13,15). The van der Waals surface area contributed by atoms with Crippen molar-refractivity contribution in [2.75, 3.05) is 13.6 Å². The van der Waals surface area contributed by atoms with E-state index in [1.165, 1.54) is 11.9 Å². The summed E-state index contributed by atoms with van der Waals surface area (Å²) in [5, 5.41) is 2.32. The third-order valence-corrected chi connectivity index (χ3v) is 2.05. The molecule has 0 atom stereocenters. The number of nitrogens with two attached hydrogens (primary N) is 1. The zero-order valence-electron chi connectivity index (χ0n) is 9.27. The zero-order chi connectivity index (χ0) is 12.8. The van der Waals surface area contributed by atoms with E-state index in [0.29, 0.717) is 5.82 Å². The van der Waals surface area contributed by atoms with Crippen molar-refractivity contribution in [2.45, 2.75) is 6.54 Å². The van der Waals surface area contributed by atoms with Gasteiger partial charge in [-0.05, 0) is 0 Å². The lowest BCUT2D eigenvalue weighted by Gasteiger charge is -2.14. The first-order valence-electron chi connectivity index (χ1n) is 4.80. The van der Waals surface area contributed by atoms with Crippen molar-refractivity contribution in [3.63, 3.8) is 0 Å². The number of likely N-dealkylation sites (N-methyl/N-ethyl adjacent to an activating group) is 1. The van der Waals surface area contributed by atoms with E-state index in [2.05, 4.69) is 27.5 Å². The lowest BCUT2D eigenvalue weighted by Crippen LogP contribution is -2.43. The highest BCUT2D eigenvalue weighted by Gasteiger charge is 2.18. The van der Waals surface area contributed by atoms with Gasteiger partial charge >= 0.3 is 11.8 Å². The Balaban J connectivity index is 2.46. The lowest BCUT2D eigenvalue weighted by molar-refractivity contribution is -0.145. The first kappa shape index (κ1) is 13.1. The Hall–Kier alpha value is -1.96. The maximum absolute atomic E-state index is 11.6. The van der Waals surface area contributed by atoms with Crippen LogP contribution in [0.1, 0.15) is 5.82 Å². The number of nitrogens with one attached hydrogen (secondary N) is 2. The molecule has 0 fully saturated rings. The summed E-state index contributed by atoms with van der Waals surface area (Å²) in [6.07, 6.45) is 3.21. The molecule has 0 aliphatic carbocycles. The van der Waals surface area contributed by atoms with Crippen molar-refractivity contribution in [3.8, 4) is 0 Å². The number of hydrogen-bond donors (Lipinski definition) is 3. The molecule has 1 aromatic heterocycles. The molecule has 0 saturated carbocycles. The van der Waals surface area contributed by atoms with Crippen LogP contribution in [0.15, 0.2) is 12.4 Å². The molecular formula is C9H13N5O2S. The monoisotopic (exact) mass is 255 g/mol. The highest BCUT2D eigenvalue weighted by atomic mass is 32.1. The van der Waals surface area contributed by atoms with Crippen LogP contribution in [0.5, 0.6) is 0 Å². The second kappa shape index (κ2) is 5.94. The first-order valence-corrected chi connectivity index (χ1v) is 5.21. The average Bonchev–Trinajstić information content (AvgIpc) is 2.77. The van der Waals surface area contributed by atoms with Gasteiger partial charge in [0.2, 0.25) is 0 Å². The van der Waals surface area contributed by atoms with Crippen LogP contribution < -0.4 is 11.1 Å². The van der Waals surface area contributed by atoms with E-state index in [9.17, 15) is 9.59 Å².